The van der Waals surface area contributed by atoms with Crippen molar-refractivity contribution >= 4 is 24.0 Å². The van der Waals surface area contributed by atoms with Crippen LogP contribution in [0.3, 0.4) is 0 Å². The average Bonchev–Trinajstić information content (AvgIpc) is 3.12. The van der Waals surface area contributed by atoms with Crippen molar-refractivity contribution in [3.05, 3.63) is 58.9 Å². The van der Waals surface area contributed by atoms with E-state index < -0.39 is 11.8 Å². The molecule has 0 aliphatic carbocycles. The number of aryl methyl sites for hydroxylation is 1. The van der Waals surface area contributed by atoms with E-state index in [1.807, 2.05) is 56.3 Å². The first-order valence-electron chi connectivity index (χ1n) is 9.62. The second-order valence-corrected chi connectivity index (χ2v) is 6.98. The molecule has 0 fully saturated rings. The Morgan fingerprint density at radius 3 is 2.52 bits per heavy atom. The number of amides is 2. The Kier molecular flexibility index (Phi) is 7.39. The normalized spacial score (nSPS) is 10.4. The summed E-state index contributed by atoms with van der Waals surface area (Å²) >= 11 is 5.23. The molecule has 2 amide bonds. The predicted octanol–water partition coefficient (Wildman–Crippen LogP) is 2.54. The number of hydrazine groups is 1. The van der Waals surface area contributed by atoms with E-state index in [4.69, 9.17) is 21.7 Å². The fraction of sp³-hybridized carbons (Fsp3) is 0.238. The van der Waals surface area contributed by atoms with Crippen molar-refractivity contribution < 1.29 is 19.1 Å². The number of nitrogens with zero attached hydrogens (tertiary/aromatic N) is 2. The first-order chi connectivity index (χ1) is 15.0. The van der Waals surface area contributed by atoms with Gasteiger partial charge in [0, 0.05) is 5.56 Å². The lowest BCUT2D eigenvalue weighted by Gasteiger charge is -2.11. The van der Waals surface area contributed by atoms with Crippen LogP contribution in [0.4, 0.5) is 0 Å². The fourth-order valence-electron chi connectivity index (χ4n) is 2.76. The Morgan fingerprint density at radius 1 is 1.06 bits per heavy atom. The molecule has 0 aliphatic heterocycles. The van der Waals surface area contributed by atoms with Crippen molar-refractivity contribution in [2.24, 2.45) is 0 Å². The summed E-state index contributed by atoms with van der Waals surface area (Å²) in [6, 6.07) is 14.6. The summed E-state index contributed by atoms with van der Waals surface area (Å²) in [5.41, 5.74) is 6.46. The number of benzene rings is 2. The van der Waals surface area contributed by atoms with Gasteiger partial charge in [-0.05, 0) is 68.0 Å². The molecule has 3 N–H and O–H groups in total. The summed E-state index contributed by atoms with van der Waals surface area (Å²) in [4.78, 5) is 24.3. The van der Waals surface area contributed by atoms with E-state index in [1.54, 1.807) is 6.07 Å². The molecule has 3 rings (SSSR count). The quantitative estimate of drug-likeness (QED) is 0.366. The third-order valence-electron chi connectivity index (χ3n) is 4.18. The predicted molar refractivity (Wildman–Crippen MR) is 117 cm³/mol. The van der Waals surface area contributed by atoms with Gasteiger partial charge in [0.1, 0.15) is 18.0 Å². The van der Waals surface area contributed by atoms with Gasteiger partial charge >= 0.3 is 0 Å². The molecule has 9 nitrogen and oxygen atoms in total. The number of carbonyl (C=O) groups excluding carboxylic acids is 2. The largest absolute Gasteiger partial charge is 0.494 e. The van der Waals surface area contributed by atoms with Crippen LogP contribution < -0.4 is 20.3 Å². The molecule has 1 aromatic heterocycles. The summed E-state index contributed by atoms with van der Waals surface area (Å²) in [6.45, 7) is 4.05. The fourth-order valence-corrected chi connectivity index (χ4v) is 2.96. The molecule has 0 bridgehead atoms. The molecular weight excluding hydrogens is 418 g/mol. The molecule has 162 valence electrons. The first kappa shape index (κ1) is 22.0. The molecule has 0 saturated heterocycles. The van der Waals surface area contributed by atoms with Crippen LogP contribution in [0, 0.1) is 11.7 Å². The number of carbonyl (C=O) groups is 2. The average molecular weight is 442 g/mol. The van der Waals surface area contributed by atoms with Gasteiger partial charge in [0.15, 0.2) is 17.2 Å². The second kappa shape index (κ2) is 10.4. The molecule has 0 atom stereocenters. The lowest BCUT2D eigenvalue weighted by Crippen LogP contribution is -2.45. The van der Waals surface area contributed by atoms with Gasteiger partial charge < -0.3 is 9.47 Å². The van der Waals surface area contributed by atoms with Crippen molar-refractivity contribution in [1.29, 1.82) is 0 Å². The van der Waals surface area contributed by atoms with E-state index in [2.05, 4.69) is 21.0 Å². The SMILES string of the molecule is CCOc1ccc(-c2n[nH]c(=S)n2CC(=O)NNC(=O)COc2cccc(C)c2)cc1. The smallest absolute Gasteiger partial charge is 0.276 e. The zero-order valence-corrected chi connectivity index (χ0v) is 18.0. The lowest BCUT2D eigenvalue weighted by molar-refractivity contribution is -0.130. The van der Waals surface area contributed by atoms with Gasteiger partial charge in [0.2, 0.25) is 0 Å². The van der Waals surface area contributed by atoms with Crippen LogP contribution in [0.25, 0.3) is 11.4 Å². The molecule has 0 unspecified atom stereocenters. The number of nitrogens with one attached hydrogen (secondary N) is 3. The van der Waals surface area contributed by atoms with E-state index >= 15 is 0 Å². The maximum atomic E-state index is 12.3. The summed E-state index contributed by atoms with van der Waals surface area (Å²) in [6.07, 6.45) is 0. The van der Waals surface area contributed by atoms with Crippen molar-refractivity contribution in [2.45, 2.75) is 20.4 Å². The number of rotatable bonds is 8. The molecule has 0 aliphatic rings. The Bertz CT molecular complexity index is 1110. The van der Waals surface area contributed by atoms with Crippen molar-refractivity contribution in [2.75, 3.05) is 13.2 Å². The van der Waals surface area contributed by atoms with E-state index in [-0.39, 0.29) is 17.9 Å². The van der Waals surface area contributed by atoms with Crippen molar-refractivity contribution in [3.63, 3.8) is 0 Å². The van der Waals surface area contributed by atoms with E-state index in [9.17, 15) is 9.59 Å². The second-order valence-electron chi connectivity index (χ2n) is 6.60. The van der Waals surface area contributed by atoms with Crippen LogP contribution in [0.2, 0.25) is 0 Å². The molecule has 10 heteroatoms. The van der Waals surface area contributed by atoms with E-state index in [1.165, 1.54) is 4.57 Å². The summed E-state index contributed by atoms with van der Waals surface area (Å²) < 4.78 is 12.7. The Hall–Kier alpha value is -3.66. The Morgan fingerprint density at radius 2 is 1.81 bits per heavy atom. The highest BCUT2D eigenvalue weighted by molar-refractivity contribution is 7.71. The zero-order valence-electron chi connectivity index (χ0n) is 17.2. The van der Waals surface area contributed by atoms with Crippen molar-refractivity contribution in [3.8, 4) is 22.9 Å². The topological polar surface area (TPSA) is 110 Å². The van der Waals surface area contributed by atoms with Gasteiger partial charge in [0.05, 0.1) is 6.61 Å². The van der Waals surface area contributed by atoms with Gasteiger partial charge in [-0.15, -0.1) is 0 Å². The molecule has 2 aromatic carbocycles. The van der Waals surface area contributed by atoms with Crippen LogP contribution in [-0.2, 0) is 16.1 Å². The van der Waals surface area contributed by atoms with Gasteiger partial charge in [0.25, 0.3) is 11.8 Å². The highest BCUT2D eigenvalue weighted by Crippen LogP contribution is 2.21. The monoisotopic (exact) mass is 441 g/mol. The van der Waals surface area contributed by atoms with Gasteiger partial charge in [-0.1, -0.05) is 12.1 Å². The van der Waals surface area contributed by atoms with Gasteiger partial charge in [-0.3, -0.25) is 30.1 Å². The van der Waals surface area contributed by atoms with Crippen LogP contribution in [-0.4, -0.2) is 39.8 Å². The van der Waals surface area contributed by atoms with Crippen LogP contribution >= 0.6 is 12.2 Å². The first-order valence-corrected chi connectivity index (χ1v) is 10.0. The molecule has 31 heavy (non-hydrogen) atoms. The number of hydrogen-bond donors (Lipinski definition) is 3. The number of H-pyrrole nitrogens is 1. The lowest BCUT2D eigenvalue weighted by atomic mass is 10.2. The Balaban J connectivity index is 1.55. The molecule has 0 saturated carbocycles. The van der Waals surface area contributed by atoms with E-state index in [0.717, 1.165) is 16.9 Å². The number of hydrogen-bond acceptors (Lipinski definition) is 6. The summed E-state index contributed by atoms with van der Waals surface area (Å²) in [5, 5.41) is 6.88. The van der Waals surface area contributed by atoms with Crippen LogP contribution in [0.5, 0.6) is 11.5 Å². The summed E-state index contributed by atoms with van der Waals surface area (Å²) in [5.74, 6) is 0.856. The minimum atomic E-state index is -0.489. The van der Waals surface area contributed by atoms with Crippen LogP contribution in [0.1, 0.15) is 12.5 Å². The number of aromatic amines is 1. The third kappa shape index (κ3) is 6.16. The highest BCUT2D eigenvalue weighted by Gasteiger charge is 2.13. The third-order valence-corrected chi connectivity index (χ3v) is 4.50. The minimum absolute atomic E-state index is 0.128. The molecular formula is C21H23N5O4S. The maximum absolute atomic E-state index is 12.3. The van der Waals surface area contributed by atoms with Crippen molar-refractivity contribution in [1.82, 2.24) is 25.6 Å². The number of aromatic nitrogens is 3. The molecule has 0 spiro atoms. The zero-order chi connectivity index (χ0) is 22.2. The molecule has 1 heterocycles. The van der Waals surface area contributed by atoms with Crippen LogP contribution in [0.15, 0.2) is 48.5 Å². The van der Waals surface area contributed by atoms with Gasteiger partial charge in [-0.25, -0.2) is 0 Å². The van der Waals surface area contributed by atoms with E-state index in [0.29, 0.717) is 18.2 Å². The maximum Gasteiger partial charge on any atom is 0.276 e. The minimum Gasteiger partial charge on any atom is -0.494 e. The Labute approximate surface area is 184 Å². The number of ether oxygens (including phenoxy) is 2. The standard InChI is InChI=1S/C21H23N5O4S/c1-3-29-16-9-7-15(8-10-16)20-24-25-21(31)26(20)12-18(27)22-23-19(28)13-30-17-6-4-5-14(2)11-17/h4-11H,3,12-13H2,1-2H3,(H,22,27)(H,23,28)(H,25,31). The molecule has 3 aromatic rings. The van der Waals surface area contributed by atoms with Gasteiger partial charge in [-0.2, -0.15) is 5.10 Å². The molecule has 0 radical (unpaired) electrons. The summed E-state index contributed by atoms with van der Waals surface area (Å²) in [7, 11) is 0. The highest BCUT2D eigenvalue weighted by atomic mass is 32.1.